The minimum atomic E-state index is -0.569. The van der Waals surface area contributed by atoms with Crippen LogP contribution in [0.5, 0.6) is 5.75 Å². The number of fused-ring (bicyclic) bond motifs is 1. The maximum Gasteiger partial charge on any atom is 0.260 e. The molecule has 1 aliphatic rings. The summed E-state index contributed by atoms with van der Waals surface area (Å²) in [6, 6.07) is 14.0. The largest absolute Gasteiger partial charge is 0.472 e. The lowest BCUT2D eigenvalue weighted by Gasteiger charge is -2.29. The smallest absolute Gasteiger partial charge is 0.260 e. The van der Waals surface area contributed by atoms with Gasteiger partial charge in [0.1, 0.15) is 11.6 Å². The molecule has 0 atom stereocenters. The number of nitrogens with one attached hydrogen (secondary N) is 2. The first kappa shape index (κ1) is 26.4. The molecule has 1 heterocycles. The van der Waals surface area contributed by atoms with Crippen LogP contribution in [0.4, 0.5) is 10.1 Å². The third-order valence-corrected chi connectivity index (χ3v) is 6.39. The standard InChI is InChI=1S/C27H24Cl2FN3O4/c1-15(2)25(34)31-12-16-3-6-21(28)19(9-16)26(35)32-18-5-8-24-20(11-18)27(36)33(14-37-24)13-17-4-7-22(29)23(30)10-17/h3-11,15H,12-14H2,1-2H3,(H,31,34)(H,32,35). The molecule has 10 heteroatoms. The fourth-order valence-corrected chi connectivity index (χ4v) is 4.02. The van der Waals surface area contributed by atoms with E-state index in [9.17, 15) is 18.8 Å². The molecule has 0 aliphatic carbocycles. The second-order valence-corrected chi connectivity index (χ2v) is 9.69. The summed E-state index contributed by atoms with van der Waals surface area (Å²) in [5.41, 5.74) is 2.13. The number of carbonyl (C=O) groups excluding carboxylic acids is 3. The van der Waals surface area contributed by atoms with E-state index in [1.165, 1.54) is 23.1 Å². The number of hydrogen-bond donors (Lipinski definition) is 2. The molecule has 3 aromatic carbocycles. The Morgan fingerprint density at radius 3 is 2.49 bits per heavy atom. The summed E-state index contributed by atoms with van der Waals surface area (Å²) in [6.45, 7) is 3.96. The summed E-state index contributed by atoms with van der Waals surface area (Å²) in [5.74, 6) is -1.25. The van der Waals surface area contributed by atoms with E-state index in [-0.39, 0.29) is 58.7 Å². The van der Waals surface area contributed by atoms with E-state index in [1.807, 2.05) is 0 Å². The molecule has 0 bridgehead atoms. The van der Waals surface area contributed by atoms with Crippen molar-refractivity contribution in [2.24, 2.45) is 5.92 Å². The van der Waals surface area contributed by atoms with Crippen molar-refractivity contribution in [2.45, 2.75) is 26.9 Å². The van der Waals surface area contributed by atoms with Gasteiger partial charge in [0.2, 0.25) is 5.91 Å². The van der Waals surface area contributed by atoms with Gasteiger partial charge in [0, 0.05) is 24.7 Å². The Balaban J connectivity index is 1.48. The Morgan fingerprint density at radius 1 is 1.03 bits per heavy atom. The van der Waals surface area contributed by atoms with E-state index in [1.54, 1.807) is 50.2 Å². The number of ether oxygens (including phenoxy) is 1. The Kier molecular flexibility index (Phi) is 8.00. The zero-order chi connectivity index (χ0) is 26.7. The van der Waals surface area contributed by atoms with Crippen LogP contribution in [0.2, 0.25) is 10.0 Å². The van der Waals surface area contributed by atoms with Gasteiger partial charge >= 0.3 is 0 Å². The summed E-state index contributed by atoms with van der Waals surface area (Å²) in [5, 5.41) is 5.81. The van der Waals surface area contributed by atoms with E-state index in [0.29, 0.717) is 22.6 Å². The van der Waals surface area contributed by atoms with Gasteiger partial charge in [0.15, 0.2) is 6.73 Å². The monoisotopic (exact) mass is 543 g/mol. The number of hydrogen-bond acceptors (Lipinski definition) is 4. The summed E-state index contributed by atoms with van der Waals surface area (Å²) in [4.78, 5) is 39.4. The Bertz CT molecular complexity index is 1380. The molecule has 0 aromatic heterocycles. The first-order valence-corrected chi connectivity index (χ1v) is 12.3. The van der Waals surface area contributed by atoms with Gasteiger partial charge in [-0.15, -0.1) is 0 Å². The number of amides is 3. The molecule has 0 saturated carbocycles. The van der Waals surface area contributed by atoms with Crippen LogP contribution < -0.4 is 15.4 Å². The molecule has 0 saturated heterocycles. The first-order valence-electron chi connectivity index (χ1n) is 11.5. The summed E-state index contributed by atoms with van der Waals surface area (Å²) in [6.07, 6.45) is 0. The highest BCUT2D eigenvalue weighted by Crippen LogP contribution is 2.30. The highest BCUT2D eigenvalue weighted by atomic mass is 35.5. The van der Waals surface area contributed by atoms with Crippen LogP contribution in [0, 0.1) is 11.7 Å². The SMILES string of the molecule is CC(C)C(=O)NCc1ccc(Cl)c(C(=O)Nc2ccc3c(c2)C(=O)N(Cc2ccc(Cl)c(F)c2)CO3)c1. The summed E-state index contributed by atoms with van der Waals surface area (Å²) in [7, 11) is 0. The highest BCUT2D eigenvalue weighted by Gasteiger charge is 2.26. The normalized spacial score (nSPS) is 12.7. The minimum absolute atomic E-state index is 0.00153. The molecule has 2 N–H and O–H groups in total. The molecule has 1 aliphatic heterocycles. The van der Waals surface area contributed by atoms with Crippen molar-refractivity contribution in [3.05, 3.63) is 92.7 Å². The number of halogens is 3. The molecular formula is C27H24Cl2FN3O4. The summed E-state index contributed by atoms with van der Waals surface area (Å²) < 4.78 is 19.5. The van der Waals surface area contributed by atoms with Gasteiger partial charge in [-0.3, -0.25) is 14.4 Å². The van der Waals surface area contributed by atoms with Crippen molar-refractivity contribution in [3.63, 3.8) is 0 Å². The van der Waals surface area contributed by atoms with Crippen molar-refractivity contribution in [3.8, 4) is 5.75 Å². The van der Waals surface area contributed by atoms with Crippen molar-refractivity contribution >= 4 is 46.6 Å². The van der Waals surface area contributed by atoms with Gasteiger partial charge in [-0.25, -0.2) is 4.39 Å². The number of rotatable bonds is 7. The van der Waals surface area contributed by atoms with Crippen molar-refractivity contribution < 1.29 is 23.5 Å². The van der Waals surface area contributed by atoms with E-state index >= 15 is 0 Å². The highest BCUT2D eigenvalue weighted by molar-refractivity contribution is 6.34. The number of carbonyl (C=O) groups is 3. The van der Waals surface area contributed by atoms with E-state index in [2.05, 4.69) is 10.6 Å². The van der Waals surface area contributed by atoms with E-state index in [4.69, 9.17) is 27.9 Å². The molecular weight excluding hydrogens is 520 g/mol. The van der Waals surface area contributed by atoms with Crippen molar-refractivity contribution in [1.82, 2.24) is 10.2 Å². The molecule has 0 radical (unpaired) electrons. The fraction of sp³-hybridized carbons (Fsp3) is 0.222. The van der Waals surface area contributed by atoms with Gasteiger partial charge in [-0.2, -0.15) is 0 Å². The predicted octanol–water partition coefficient (Wildman–Crippen LogP) is 5.65. The predicted molar refractivity (Wildman–Crippen MR) is 139 cm³/mol. The van der Waals surface area contributed by atoms with Crippen LogP contribution in [0.3, 0.4) is 0 Å². The van der Waals surface area contributed by atoms with Crippen LogP contribution in [0.15, 0.2) is 54.6 Å². The second-order valence-electron chi connectivity index (χ2n) is 8.88. The molecule has 0 spiro atoms. The van der Waals surface area contributed by atoms with Gasteiger partial charge in [0.25, 0.3) is 11.8 Å². The molecule has 0 fully saturated rings. The average molecular weight is 544 g/mol. The van der Waals surface area contributed by atoms with E-state index < -0.39 is 11.7 Å². The Hall–Kier alpha value is -3.62. The molecule has 192 valence electrons. The van der Waals surface area contributed by atoms with Crippen molar-refractivity contribution in [1.29, 1.82) is 0 Å². The Morgan fingerprint density at radius 2 is 1.76 bits per heavy atom. The van der Waals surface area contributed by atoms with E-state index in [0.717, 1.165) is 0 Å². The van der Waals surface area contributed by atoms with Gasteiger partial charge in [-0.05, 0) is 53.6 Å². The molecule has 4 rings (SSSR count). The zero-order valence-corrected chi connectivity index (χ0v) is 21.6. The maximum absolute atomic E-state index is 13.8. The molecule has 7 nitrogen and oxygen atoms in total. The molecule has 3 amide bonds. The van der Waals surface area contributed by atoms with Crippen molar-refractivity contribution in [2.75, 3.05) is 12.0 Å². The lowest BCUT2D eigenvalue weighted by Crippen LogP contribution is -2.38. The van der Waals surface area contributed by atoms with Crippen LogP contribution in [-0.4, -0.2) is 29.4 Å². The van der Waals surface area contributed by atoms with Crippen LogP contribution in [-0.2, 0) is 17.9 Å². The Labute approximate surface area is 223 Å². The van der Waals surface area contributed by atoms with Crippen LogP contribution in [0.25, 0.3) is 0 Å². The third-order valence-electron chi connectivity index (χ3n) is 5.75. The third kappa shape index (κ3) is 6.21. The van der Waals surface area contributed by atoms with Gasteiger partial charge < -0.3 is 20.3 Å². The number of benzene rings is 3. The average Bonchev–Trinajstić information content (AvgIpc) is 2.87. The van der Waals surface area contributed by atoms with Gasteiger partial charge in [0.05, 0.1) is 21.2 Å². The minimum Gasteiger partial charge on any atom is -0.472 e. The maximum atomic E-state index is 13.8. The lowest BCUT2D eigenvalue weighted by atomic mass is 10.1. The number of nitrogens with zero attached hydrogens (tertiary/aromatic N) is 1. The van der Waals surface area contributed by atoms with Gasteiger partial charge in [-0.1, -0.05) is 49.2 Å². The summed E-state index contributed by atoms with van der Waals surface area (Å²) >= 11 is 12.0. The number of anilines is 1. The quantitative estimate of drug-likeness (QED) is 0.403. The topological polar surface area (TPSA) is 87.7 Å². The van der Waals surface area contributed by atoms with Crippen LogP contribution >= 0.6 is 23.2 Å². The first-order chi connectivity index (χ1) is 17.6. The molecule has 3 aromatic rings. The molecule has 37 heavy (non-hydrogen) atoms. The zero-order valence-electron chi connectivity index (χ0n) is 20.1. The lowest BCUT2D eigenvalue weighted by molar-refractivity contribution is -0.124. The molecule has 0 unspecified atom stereocenters. The fourth-order valence-electron chi connectivity index (χ4n) is 3.70. The van der Waals surface area contributed by atoms with Crippen LogP contribution in [0.1, 0.15) is 45.7 Å². The second kappa shape index (κ2) is 11.2.